The van der Waals surface area contributed by atoms with Crippen LogP contribution in [0.25, 0.3) is 0 Å². The van der Waals surface area contributed by atoms with Gasteiger partial charge in [-0.05, 0) is 0 Å². The molecule has 0 aliphatic carbocycles. The second-order valence-corrected chi connectivity index (χ2v) is 23.4. The van der Waals surface area contributed by atoms with E-state index in [1.165, 1.54) is 116 Å². The average Bonchev–Trinajstić information content (AvgIpc) is 2.80. The minimum absolute atomic E-state index is 1.36. The van der Waals surface area contributed by atoms with Crippen LogP contribution in [-0.2, 0) is 0 Å². The minimum atomic E-state index is -2.30. The van der Waals surface area contributed by atoms with Crippen LogP contribution in [0.3, 0.4) is 0 Å². The van der Waals surface area contributed by atoms with Crippen LogP contribution < -0.4 is 3.58 Å². The van der Waals surface area contributed by atoms with E-state index < -0.39 is 18.4 Å². The Bertz CT molecular complexity index is 440. The Labute approximate surface area is 201 Å². The Morgan fingerprint density at radius 1 is 0.419 bits per heavy atom. The molecule has 0 nitrogen and oxygen atoms in total. The fourth-order valence-corrected chi connectivity index (χ4v) is 20.4. The van der Waals surface area contributed by atoms with Gasteiger partial charge in [-0.2, -0.15) is 0 Å². The zero-order chi connectivity index (χ0) is 22.5. The van der Waals surface area contributed by atoms with Crippen LogP contribution in [0.2, 0.25) is 13.3 Å². The quantitative estimate of drug-likeness (QED) is 0.102. The van der Waals surface area contributed by atoms with Crippen molar-refractivity contribution in [1.82, 2.24) is 0 Å². The van der Waals surface area contributed by atoms with Gasteiger partial charge in [-0.25, -0.2) is 0 Å². The number of hydrogen-bond donors (Lipinski definition) is 0. The Morgan fingerprint density at radius 2 is 0.742 bits per heavy atom. The first-order valence-corrected chi connectivity index (χ1v) is 21.8. The van der Waals surface area contributed by atoms with Crippen molar-refractivity contribution in [3.8, 4) is 0 Å². The van der Waals surface area contributed by atoms with E-state index in [-0.39, 0.29) is 0 Å². The van der Waals surface area contributed by atoms with Gasteiger partial charge < -0.3 is 0 Å². The molecule has 0 fully saturated rings. The molecule has 0 N–H and O–H groups in total. The van der Waals surface area contributed by atoms with Gasteiger partial charge in [0.1, 0.15) is 0 Å². The van der Waals surface area contributed by atoms with Crippen LogP contribution in [0.5, 0.6) is 0 Å². The molecular formula is C30H56Sn. The summed E-state index contributed by atoms with van der Waals surface area (Å²) in [6, 6.07) is 12.0. The van der Waals surface area contributed by atoms with Gasteiger partial charge >= 0.3 is 202 Å². The predicted octanol–water partition coefficient (Wildman–Crippen LogP) is 10.4. The van der Waals surface area contributed by atoms with Crippen LogP contribution in [0.4, 0.5) is 0 Å². The molecule has 0 spiro atoms. The van der Waals surface area contributed by atoms with Crippen molar-refractivity contribution in [3.05, 3.63) is 30.3 Å². The van der Waals surface area contributed by atoms with Gasteiger partial charge in [0, 0.05) is 0 Å². The molecule has 0 aromatic heterocycles. The first-order valence-electron chi connectivity index (χ1n) is 14.3. The molecule has 31 heavy (non-hydrogen) atoms. The second kappa shape index (κ2) is 20.6. The number of hydrogen-bond acceptors (Lipinski definition) is 0. The molecule has 0 bridgehead atoms. The summed E-state index contributed by atoms with van der Waals surface area (Å²) in [5.74, 6) is 0. The van der Waals surface area contributed by atoms with Gasteiger partial charge in [-0.3, -0.25) is 0 Å². The molecule has 1 aromatic carbocycles. The summed E-state index contributed by atoms with van der Waals surface area (Å²) < 4.78 is 6.71. The van der Waals surface area contributed by atoms with Crippen LogP contribution in [0.1, 0.15) is 136 Å². The van der Waals surface area contributed by atoms with E-state index in [9.17, 15) is 0 Å². The summed E-state index contributed by atoms with van der Waals surface area (Å²) in [7, 11) is 0. The molecule has 0 amide bonds. The molecule has 0 saturated heterocycles. The van der Waals surface area contributed by atoms with Gasteiger partial charge in [0.25, 0.3) is 0 Å². The van der Waals surface area contributed by atoms with Gasteiger partial charge in [0.15, 0.2) is 0 Å². The van der Waals surface area contributed by atoms with E-state index in [1.807, 2.05) is 3.58 Å². The molecule has 1 rings (SSSR count). The summed E-state index contributed by atoms with van der Waals surface area (Å²) in [6.45, 7) is 6.99. The molecule has 1 aromatic rings. The zero-order valence-corrected chi connectivity index (χ0v) is 24.6. The van der Waals surface area contributed by atoms with Gasteiger partial charge in [-0.1, -0.05) is 0 Å². The van der Waals surface area contributed by atoms with E-state index in [2.05, 4.69) is 51.1 Å². The predicted molar refractivity (Wildman–Crippen MR) is 146 cm³/mol. The third-order valence-electron chi connectivity index (χ3n) is 7.41. The molecule has 0 saturated carbocycles. The maximum absolute atomic E-state index is 2.54. The molecule has 0 radical (unpaired) electrons. The van der Waals surface area contributed by atoms with Crippen molar-refractivity contribution >= 4 is 22.0 Å². The Hall–Kier alpha value is 0.0187. The maximum atomic E-state index is 2.54. The van der Waals surface area contributed by atoms with Crippen molar-refractivity contribution in [1.29, 1.82) is 0 Å². The second-order valence-electron chi connectivity index (χ2n) is 10.2. The summed E-state index contributed by atoms with van der Waals surface area (Å²) in [5, 5.41) is 0. The average molecular weight is 535 g/mol. The molecule has 0 aliphatic heterocycles. The van der Waals surface area contributed by atoms with Crippen LogP contribution in [0, 0.1) is 0 Å². The van der Waals surface area contributed by atoms with Crippen molar-refractivity contribution in [2.45, 2.75) is 150 Å². The monoisotopic (exact) mass is 536 g/mol. The van der Waals surface area contributed by atoms with E-state index in [0.717, 1.165) is 0 Å². The third kappa shape index (κ3) is 14.0. The third-order valence-corrected chi connectivity index (χ3v) is 23.1. The van der Waals surface area contributed by atoms with Crippen molar-refractivity contribution in [3.63, 3.8) is 0 Å². The summed E-state index contributed by atoms with van der Waals surface area (Å²) in [5.41, 5.74) is 0. The van der Waals surface area contributed by atoms with E-state index in [4.69, 9.17) is 0 Å². The van der Waals surface area contributed by atoms with Crippen molar-refractivity contribution < 1.29 is 0 Å². The first kappa shape index (κ1) is 29.1. The number of benzene rings is 1. The fraction of sp³-hybridized carbons (Fsp3) is 0.800. The molecular weight excluding hydrogens is 479 g/mol. The standard InChI is InChI=1S/3C8H17.C6H5.Sn/c3*1-3-5-7-8-6-4-2;1-2-4-6-5-3-1;/h3*1,3-8H2,2H3;1-5H;. The number of unbranched alkanes of at least 4 members (excludes halogenated alkanes) is 15. The van der Waals surface area contributed by atoms with E-state index in [0.29, 0.717) is 0 Å². The Balaban J connectivity index is 2.71. The molecule has 0 heterocycles. The van der Waals surface area contributed by atoms with Gasteiger partial charge in [0.05, 0.1) is 0 Å². The normalized spacial score (nSPS) is 11.8. The fourth-order valence-electron chi connectivity index (χ4n) is 5.33. The van der Waals surface area contributed by atoms with Crippen LogP contribution in [0.15, 0.2) is 30.3 Å². The zero-order valence-electron chi connectivity index (χ0n) is 21.7. The molecule has 1 heteroatoms. The molecule has 0 unspecified atom stereocenters. The number of rotatable bonds is 22. The van der Waals surface area contributed by atoms with Crippen molar-refractivity contribution in [2.24, 2.45) is 0 Å². The molecule has 0 aliphatic rings. The SMILES string of the molecule is CCCCCCC[CH2][Sn]([CH2]CCCCCCC)([CH2]CCCCCCC)[c]1ccccc1. The topological polar surface area (TPSA) is 0 Å². The van der Waals surface area contributed by atoms with Crippen molar-refractivity contribution in [2.75, 3.05) is 0 Å². The molecule has 0 atom stereocenters. The van der Waals surface area contributed by atoms with Gasteiger partial charge in [0.2, 0.25) is 0 Å². The molecule has 180 valence electrons. The first-order chi connectivity index (χ1) is 15.3. The Morgan fingerprint density at radius 3 is 1.10 bits per heavy atom. The van der Waals surface area contributed by atoms with E-state index in [1.54, 1.807) is 13.3 Å². The summed E-state index contributed by atoms with van der Waals surface area (Å²) >= 11 is -2.30. The Kier molecular flexibility index (Phi) is 19.3. The summed E-state index contributed by atoms with van der Waals surface area (Å²) in [6.07, 6.45) is 26.2. The van der Waals surface area contributed by atoms with Crippen LogP contribution >= 0.6 is 0 Å². The van der Waals surface area contributed by atoms with Gasteiger partial charge in [-0.15, -0.1) is 0 Å². The summed E-state index contributed by atoms with van der Waals surface area (Å²) in [4.78, 5) is 0. The van der Waals surface area contributed by atoms with Crippen LogP contribution in [-0.4, -0.2) is 18.4 Å². The van der Waals surface area contributed by atoms with E-state index >= 15 is 0 Å².